The minimum Gasteiger partial charge on any atom is -0.481 e. The summed E-state index contributed by atoms with van der Waals surface area (Å²) in [5, 5.41) is 9.45. The van der Waals surface area contributed by atoms with E-state index in [9.17, 15) is 19.1 Å². The first-order valence-electron chi connectivity index (χ1n) is 6.61. The van der Waals surface area contributed by atoms with E-state index in [1.165, 1.54) is 25.3 Å². The summed E-state index contributed by atoms with van der Waals surface area (Å²) in [5.74, 6) is -2.74. The molecule has 0 aliphatic carbocycles. The molecule has 1 saturated heterocycles. The van der Waals surface area contributed by atoms with Crippen LogP contribution >= 0.6 is 0 Å². The number of methoxy groups -OCH3 is 1. The fraction of sp³-hybridized carbons (Fsp3) is 0.467. The zero-order valence-corrected chi connectivity index (χ0v) is 12.2. The van der Waals surface area contributed by atoms with Crippen LogP contribution in [0.5, 0.6) is 0 Å². The first-order chi connectivity index (χ1) is 9.81. The molecule has 1 aliphatic rings. The molecular formula is C15H18FNO4. The van der Waals surface area contributed by atoms with Gasteiger partial charge in [0.15, 0.2) is 0 Å². The third-order valence-corrected chi connectivity index (χ3v) is 4.33. The SMILES string of the molecule is COC(=O)C1(C)CC(C(=O)O)C(c2cccc(F)c2)N1C. The number of hydrogen-bond acceptors (Lipinski definition) is 4. The van der Waals surface area contributed by atoms with Crippen molar-refractivity contribution in [3.8, 4) is 0 Å². The Balaban J connectivity index is 2.47. The normalized spacial score (nSPS) is 29.3. The molecule has 1 N–H and O–H groups in total. The number of benzene rings is 1. The van der Waals surface area contributed by atoms with Crippen LogP contribution in [0.25, 0.3) is 0 Å². The van der Waals surface area contributed by atoms with Crippen LogP contribution in [0, 0.1) is 11.7 Å². The number of nitrogens with zero attached hydrogens (tertiary/aromatic N) is 1. The lowest BCUT2D eigenvalue weighted by molar-refractivity contribution is -0.152. The third kappa shape index (κ3) is 2.51. The average Bonchev–Trinajstić information content (AvgIpc) is 2.72. The number of aliphatic carboxylic acids is 1. The fourth-order valence-electron chi connectivity index (χ4n) is 3.08. The smallest absolute Gasteiger partial charge is 0.326 e. The highest BCUT2D eigenvalue weighted by Crippen LogP contribution is 2.46. The standard InChI is InChI=1S/C15H18FNO4/c1-15(14(20)21-3)8-11(13(18)19)12(17(15)2)9-5-4-6-10(16)7-9/h4-7,11-12H,8H2,1-3H3,(H,18,19). The van der Waals surface area contributed by atoms with Gasteiger partial charge in [-0.1, -0.05) is 12.1 Å². The highest BCUT2D eigenvalue weighted by atomic mass is 19.1. The zero-order chi connectivity index (χ0) is 15.8. The van der Waals surface area contributed by atoms with Crippen LogP contribution in [0.3, 0.4) is 0 Å². The van der Waals surface area contributed by atoms with Crippen molar-refractivity contribution in [1.29, 1.82) is 0 Å². The molecule has 3 unspecified atom stereocenters. The van der Waals surface area contributed by atoms with Crippen LogP contribution in [0.2, 0.25) is 0 Å². The number of carboxylic acids is 1. The molecule has 1 fully saturated rings. The zero-order valence-electron chi connectivity index (χ0n) is 12.2. The second-order valence-corrected chi connectivity index (χ2v) is 5.53. The molecule has 2 rings (SSSR count). The van der Waals surface area contributed by atoms with Crippen molar-refractivity contribution in [1.82, 2.24) is 4.90 Å². The topological polar surface area (TPSA) is 66.8 Å². The van der Waals surface area contributed by atoms with Crippen molar-refractivity contribution in [3.05, 3.63) is 35.6 Å². The van der Waals surface area contributed by atoms with Gasteiger partial charge in [0.2, 0.25) is 0 Å². The molecule has 5 nitrogen and oxygen atoms in total. The molecule has 1 heterocycles. The van der Waals surface area contributed by atoms with Gasteiger partial charge in [0.1, 0.15) is 11.4 Å². The van der Waals surface area contributed by atoms with Gasteiger partial charge < -0.3 is 9.84 Å². The molecule has 6 heteroatoms. The van der Waals surface area contributed by atoms with Crippen molar-refractivity contribution >= 4 is 11.9 Å². The van der Waals surface area contributed by atoms with Gasteiger partial charge >= 0.3 is 11.9 Å². The van der Waals surface area contributed by atoms with E-state index in [0.717, 1.165) is 0 Å². The quantitative estimate of drug-likeness (QED) is 0.862. The molecule has 0 radical (unpaired) electrons. The van der Waals surface area contributed by atoms with Gasteiger partial charge in [0.25, 0.3) is 0 Å². The Labute approximate surface area is 122 Å². The van der Waals surface area contributed by atoms with Crippen molar-refractivity contribution in [3.63, 3.8) is 0 Å². The summed E-state index contributed by atoms with van der Waals surface area (Å²) >= 11 is 0. The van der Waals surface area contributed by atoms with E-state index in [1.807, 2.05) is 0 Å². The van der Waals surface area contributed by atoms with Crippen molar-refractivity contribution in [2.45, 2.75) is 24.9 Å². The van der Waals surface area contributed by atoms with Gasteiger partial charge in [-0.2, -0.15) is 0 Å². The number of carbonyl (C=O) groups excluding carboxylic acids is 1. The number of carboxylic acid groups (broad SMARTS) is 1. The maximum atomic E-state index is 13.4. The lowest BCUT2D eigenvalue weighted by Gasteiger charge is -2.32. The number of rotatable bonds is 3. The van der Waals surface area contributed by atoms with Crippen molar-refractivity contribution in [2.24, 2.45) is 5.92 Å². The number of likely N-dealkylation sites (tertiary alicyclic amines) is 1. The maximum Gasteiger partial charge on any atom is 0.326 e. The van der Waals surface area contributed by atoms with E-state index >= 15 is 0 Å². The van der Waals surface area contributed by atoms with E-state index in [4.69, 9.17) is 4.74 Å². The Bertz CT molecular complexity index is 577. The summed E-state index contributed by atoms with van der Waals surface area (Å²) in [7, 11) is 2.93. The predicted octanol–water partition coefficient (Wildman–Crippen LogP) is 1.83. The summed E-state index contributed by atoms with van der Waals surface area (Å²) in [6.45, 7) is 1.65. The van der Waals surface area contributed by atoms with Crippen LogP contribution in [0.15, 0.2) is 24.3 Å². The average molecular weight is 295 g/mol. The Morgan fingerprint density at radius 3 is 2.67 bits per heavy atom. The van der Waals surface area contributed by atoms with Crippen LogP contribution in [-0.2, 0) is 14.3 Å². The van der Waals surface area contributed by atoms with Crippen molar-refractivity contribution in [2.75, 3.05) is 14.2 Å². The predicted molar refractivity (Wildman–Crippen MR) is 73.1 cm³/mol. The molecule has 1 aromatic rings. The van der Waals surface area contributed by atoms with E-state index < -0.39 is 35.3 Å². The molecule has 0 bridgehead atoms. The Morgan fingerprint density at radius 2 is 2.14 bits per heavy atom. The summed E-state index contributed by atoms with van der Waals surface area (Å²) in [5.41, 5.74) is -0.507. The summed E-state index contributed by atoms with van der Waals surface area (Å²) < 4.78 is 18.2. The molecule has 0 spiro atoms. The Hall–Kier alpha value is -1.95. The highest BCUT2D eigenvalue weighted by Gasteiger charge is 2.55. The Morgan fingerprint density at radius 1 is 1.48 bits per heavy atom. The van der Waals surface area contributed by atoms with Crippen molar-refractivity contribution < 1.29 is 23.8 Å². The third-order valence-electron chi connectivity index (χ3n) is 4.33. The second-order valence-electron chi connectivity index (χ2n) is 5.53. The number of halogens is 1. The summed E-state index contributed by atoms with van der Waals surface area (Å²) in [6, 6.07) is 5.23. The van der Waals surface area contributed by atoms with Gasteiger partial charge in [-0.25, -0.2) is 4.39 Å². The fourth-order valence-corrected chi connectivity index (χ4v) is 3.08. The second kappa shape index (κ2) is 5.44. The number of esters is 1. The number of likely N-dealkylation sites (N-methyl/N-ethyl adjacent to an activating group) is 1. The molecule has 0 aromatic heterocycles. The maximum absolute atomic E-state index is 13.4. The largest absolute Gasteiger partial charge is 0.481 e. The lowest BCUT2D eigenvalue weighted by atomic mass is 9.90. The number of carbonyl (C=O) groups is 2. The molecular weight excluding hydrogens is 277 g/mol. The van der Waals surface area contributed by atoms with Gasteiger partial charge in [0.05, 0.1) is 13.0 Å². The minimum absolute atomic E-state index is 0.118. The molecule has 0 saturated carbocycles. The summed E-state index contributed by atoms with van der Waals surface area (Å²) in [6.07, 6.45) is 0.118. The molecule has 3 atom stereocenters. The van der Waals surface area contributed by atoms with E-state index in [-0.39, 0.29) is 6.42 Å². The van der Waals surface area contributed by atoms with Crippen LogP contribution in [0.4, 0.5) is 4.39 Å². The monoisotopic (exact) mass is 295 g/mol. The number of hydrogen-bond donors (Lipinski definition) is 1. The number of ether oxygens (including phenoxy) is 1. The molecule has 21 heavy (non-hydrogen) atoms. The van der Waals surface area contributed by atoms with Crippen LogP contribution in [0.1, 0.15) is 24.9 Å². The molecule has 114 valence electrons. The molecule has 1 aromatic carbocycles. The summed E-state index contributed by atoms with van der Waals surface area (Å²) in [4.78, 5) is 25.2. The van der Waals surface area contributed by atoms with E-state index in [0.29, 0.717) is 5.56 Å². The van der Waals surface area contributed by atoms with Gasteiger partial charge in [-0.15, -0.1) is 0 Å². The van der Waals surface area contributed by atoms with Gasteiger partial charge in [0, 0.05) is 6.04 Å². The molecule has 0 amide bonds. The van der Waals surface area contributed by atoms with E-state index in [2.05, 4.69) is 0 Å². The Kier molecular flexibility index (Phi) is 4.00. The van der Waals surface area contributed by atoms with E-state index in [1.54, 1.807) is 24.9 Å². The first-order valence-corrected chi connectivity index (χ1v) is 6.61. The van der Waals surface area contributed by atoms with Gasteiger partial charge in [-0.05, 0) is 38.1 Å². The van der Waals surface area contributed by atoms with Crippen LogP contribution < -0.4 is 0 Å². The lowest BCUT2D eigenvalue weighted by Crippen LogP contribution is -2.47. The first kappa shape index (κ1) is 15.4. The van der Waals surface area contributed by atoms with Crippen LogP contribution in [-0.4, -0.2) is 41.6 Å². The minimum atomic E-state index is -1.05. The highest BCUT2D eigenvalue weighted by molar-refractivity contribution is 5.83. The molecule has 1 aliphatic heterocycles. The van der Waals surface area contributed by atoms with Gasteiger partial charge in [-0.3, -0.25) is 14.5 Å².